The summed E-state index contributed by atoms with van der Waals surface area (Å²) in [5, 5.41) is 17.9. The van der Waals surface area contributed by atoms with Gasteiger partial charge in [0.1, 0.15) is 10.7 Å². The Kier molecular flexibility index (Phi) is 3.62. The molecule has 3 aliphatic heterocycles. The fourth-order valence-corrected chi connectivity index (χ4v) is 5.09. The summed E-state index contributed by atoms with van der Waals surface area (Å²) in [6.45, 7) is 6.49. The molecule has 4 atom stereocenters. The Morgan fingerprint density at radius 1 is 1.19 bits per heavy atom. The minimum atomic E-state index is -0.00617. The molecule has 5 rings (SSSR count). The summed E-state index contributed by atoms with van der Waals surface area (Å²) in [5.74, 6) is 1.08. The van der Waals surface area contributed by atoms with Crippen molar-refractivity contribution in [1.29, 1.82) is 0 Å². The van der Waals surface area contributed by atoms with E-state index in [-0.39, 0.29) is 17.6 Å². The van der Waals surface area contributed by atoms with Crippen molar-refractivity contribution in [2.75, 3.05) is 5.01 Å². The van der Waals surface area contributed by atoms with E-state index in [1.807, 2.05) is 5.01 Å². The monoisotopic (exact) mass is 370 g/mol. The van der Waals surface area contributed by atoms with Crippen LogP contribution in [0.2, 0.25) is 0 Å². The summed E-state index contributed by atoms with van der Waals surface area (Å²) in [6.07, 6.45) is 8.89. The largest absolute Gasteiger partial charge is 0.373 e. The van der Waals surface area contributed by atoms with Crippen LogP contribution in [0, 0.1) is 5.92 Å². The molecule has 8 heteroatoms. The van der Waals surface area contributed by atoms with E-state index in [2.05, 4.69) is 40.9 Å². The van der Waals surface area contributed by atoms with Crippen molar-refractivity contribution in [1.82, 2.24) is 20.2 Å². The minimum Gasteiger partial charge on any atom is -0.373 e. The number of hydrazone groups is 1. The molecule has 0 aliphatic carbocycles. The van der Waals surface area contributed by atoms with Gasteiger partial charge in [-0.15, -0.1) is 10.2 Å². The first-order valence-electron chi connectivity index (χ1n) is 9.14. The highest BCUT2D eigenvalue weighted by Crippen LogP contribution is 2.45. The predicted molar refractivity (Wildman–Crippen MR) is 99.4 cm³/mol. The normalized spacial score (nSPS) is 30.4. The van der Waals surface area contributed by atoms with Gasteiger partial charge in [0, 0.05) is 23.7 Å². The van der Waals surface area contributed by atoms with Crippen molar-refractivity contribution in [2.24, 2.45) is 11.0 Å². The number of aromatic nitrogens is 4. The van der Waals surface area contributed by atoms with Gasteiger partial charge >= 0.3 is 0 Å². The molecule has 2 bridgehead atoms. The lowest BCUT2D eigenvalue weighted by Gasteiger charge is -2.35. The third-order valence-corrected chi connectivity index (χ3v) is 6.74. The average Bonchev–Trinajstić information content (AvgIpc) is 3.33. The molecular formula is C18H22N6OS. The van der Waals surface area contributed by atoms with Crippen molar-refractivity contribution >= 4 is 22.9 Å². The van der Waals surface area contributed by atoms with E-state index in [1.165, 1.54) is 0 Å². The van der Waals surface area contributed by atoms with E-state index >= 15 is 0 Å². The van der Waals surface area contributed by atoms with Crippen LogP contribution in [0.1, 0.15) is 50.0 Å². The van der Waals surface area contributed by atoms with E-state index < -0.39 is 0 Å². The fraction of sp³-hybridized carbons (Fsp3) is 0.611. The summed E-state index contributed by atoms with van der Waals surface area (Å²) in [4.78, 5) is 8.70. The van der Waals surface area contributed by atoms with Crippen LogP contribution >= 0.6 is 11.3 Å². The third kappa shape index (κ3) is 2.54. The lowest BCUT2D eigenvalue weighted by atomic mass is 9.87. The molecule has 2 aromatic heterocycles. The molecule has 7 nitrogen and oxygen atoms in total. The standard InChI is InChI=1S/C18H22N6OS/c1-18(2,3)17-22-21-16(26-17)14-11-8-10-4-5-12(25-10)15(11)24(23-14)13-9-19-6-7-20-13/h6-7,9-12,15H,4-5,8H2,1-3H3. The van der Waals surface area contributed by atoms with Gasteiger partial charge in [0.15, 0.2) is 10.8 Å². The van der Waals surface area contributed by atoms with Crippen LogP contribution in [0.4, 0.5) is 5.82 Å². The molecule has 2 saturated heterocycles. The maximum Gasteiger partial charge on any atom is 0.167 e. The van der Waals surface area contributed by atoms with Crippen molar-refractivity contribution < 1.29 is 4.74 Å². The molecule has 4 unspecified atom stereocenters. The molecule has 2 fully saturated rings. The zero-order valence-corrected chi connectivity index (χ0v) is 16.0. The van der Waals surface area contributed by atoms with E-state index in [0.717, 1.165) is 40.8 Å². The van der Waals surface area contributed by atoms with Gasteiger partial charge in [0.2, 0.25) is 0 Å². The first-order chi connectivity index (χ1) is 12.5. The second kappa shape index (κ2) is 5.79. The maximum atomic E-state index is 6.21. The van der Waals surface area contributed by atoms with Crippen LogP contribution < -0.4 is 5.01 Å². The van der Waals surface area contributed by atoms with Gasteiger partial charge in [0.25, 0.3) is 0 Å². The number of anilines is 1. The molecule has 0 radical (unpaired) electrons. The predicted octanol–water partition coefficient (Wildman–Crippen LogP) is 2.79. The summed E-state index contributed by atoms with van der Waals surface area (Å²) in [6, 6.07) is 0.169. The van der Waals surface area contributed by atoms with Crippen LogP contribution in [0.3, 0.4) is 0 Å². The molecule has 0 N–H and O–H groups in total. The minimum absolute atomic E-state index is 0.00617. The smallest absolute Gasteiger partial charge is 0.167 e. The number of rotatable bonds is 2. The van der Waals surface area contributed by atoms with Crippen LogP contribution in [-0.4, -0.2) is 44.1 Å². The topological polar surface area (TPSA) is 76.4 Å². The number of hydrogen-bond donors (Lipinski definition) is 0. The van der Waals surface area contributed by atoms with Gasteiger partial charge in [-0.1, -0.05) is 32.1 Å². The van der Waals surface area contributed by atoms with Crippen LogP contribution in [0.25, 0.3) is 0 Å². The van der Waals surface area contributed by atoms with Gasteiger partial charge in [-0.25, -0.2) is 9.99 Å². The Morgan fingerprint density at radius 3 is 2.81 bits per heavy atom. The number of nitrogens with zero attached hydrogens (tertiary/aromatic N) is 6. The van der Waals surface area contributed by atoms with E-state index in [1.54, 1.807) is 29.9 Å². The first-order valence-corrected chi connectivity index (χ1v) is 9.96. The molecule has 5 heterocycles. The maximum absolute atomic E-state index is 6.21. The third-order valence-electron chi connectivity index (χ3n) is 5.37. The van der Waals surface area contributed by atoms with Gasteiger partial charge in [-0.2, -0.15) is 5.10 Å². The molecule has 0 amide bonds. The van der Waals surface area contributed by atoms with Crippen molar-refractivity contribution in [2.45, 2.75) is 63.7 Å². The molecule has 0 aromatic carbocycles. The molecule has 0 spiro atoms. The van der Waals surface area contributed by atoms with Gasteiger partial charge in [-0.05, 0) is 19.3 Å². The summed E-state index contributed by atoms with van der Waals surface area (Å²) in [7, 11) is 0. The summed E-state index contributed by atoms with van der Waals surface area (Å²) >= 11 is 1.66. The number of fused-ring (bicyclic) bond motifs is 4. The second-order valence-corrected chi connectivity index (χ2v) is 9.24. The number of hydrogen-bond acceptors (Lipinski definition) is 8. The van der Waals surface area contributed by atoms with Crippen LogP contribution in [0.5, 0.6) is 0 Å². The quantitative estimate of drug-likeness (QED) is 0.809. The zero-order valence-electron chi connectivity index (χ0n) is 15.2. The van der Waals surface area contributed by atoms with Gasteiger partial charge < -0.3 is 4.74 Å². The van der Waals surface area contributed by atoms with Gasteiger partial charge in [-0.3, -0.25) is 4.98 Å². The second-order valence-electron chi connectivity index (χ2n) is 8.26. The van der Waals surface area contributed by atoms with E-state index in [0.29, 0.717) is 12.0 Å². The van der Waals surface area contributed by atoms with E-state index in [9.17, 15) is 0 Å². The summed E-state index contributed by atoms with van der Waals surface area (Å²) < 4.78 is 6.21. The Balaban J connectivity index is 1.57. The molecule has 2 aromatic rings. The van der Waals surface area contributed by atoms with Crippen LogP contribution in [0.15, 0.2) is 23.7 Å². The van der Waals surface area contributed by atoms with Gasteiger partial charge in [0.05, 0.1) is 24.4 Å². The Labute approximate surface area is 156 Å². The Bertz CT molecular complexity index is 845. The molecule has 0 saturated carbocycles. The summed E-state index contributed by atoms with van der Waals surface area (Å²) in [5.41, 5.74) is 1.03. The Morgan fingerprint density at radius 2 is 2.08 bits per heavy atom. The first kappa shape index (κ1) is 16.3. The van der Waals surface area contributed by atoms with Crippen LogP contribution in [-0.2, 0) is 10.2 Å². The lowest BCUT2D eigenvalue weighted by Crippen LogP contribution is -2.47. The lowest BCUT2D eigenvalue weighted by molar-refractivity contribution is -0.0184. The molecular weight excluding hydrogens is 348 g/mol. The van der Waals surface area contributed by atoms with Crippen molar-refractivity contribution in [3.8, 4) is 0 Å². The average molecular weight is 370 g/mol. The fourth-order valence-electron chi connectivity index (χ4n) is 4.14. The highest BCUT2D eigenvalue weighted by Gasteiger charge is 2.52. The highest BCUT2D eigenvalue weighted by atomic mass is 32.1. The zero-order chi connectivity index (χ0) is 17.9. The van der Waals surface area contributed by atoms with Crippen molar-refractivity contribution in [3.05, 3.63) is 28.6 Å². The van der Waals surface area contributed by atoms with E-state index in [4.69, 9.17) is 9.84 Å². The SMILES string of the molecule is CC(C)(C)c1nnc(C2=NN(c3cnccn3)C3C4CCC(CC23)O4)s1. The molecule has 26 heavy (non-hydrogen) atoms. The highest BCUT2D eigenvalue weighted by molar-refractivity contribution is 7.13. The Hall–Kier alpha value is -1.93. The molecule has 136 valence electrons. The van der Waals surface area contributed by atoms with Crippen molar-refractivity contribution in [3.63, 3.8) is 0 Å². The molecule has 3 aliphatic rings. The number of ether oxygens (including phenoxy) is 1.